The van der Waals surface area contributed by atoms with Crippen LogP contribution in [0.25, 0.3) is 81.6 Å². The van der Waals surface area contributed by atoms with Gasteiger partial charge in [0, 0.05) is 42.1 Å². The third-order valence-corrected chi connectivity index (χ3v) is 9.57. The van der Waals surface area contributed by atoms with E-state index in [1.807, 2.05) is 17.4 Å². The highest BCUT2D eigenvalue weighted by Gasteiger charge is 2.18. The predicted molar refractivity (Wildman–Crippen MR) is 186 cm³/mol. The molecule has 206 valence electrons. The van der Waals surface area contributed by atoms with E-state index in [4.69, 9.17) is 9.97 Å². The SMILES string of the molecule is c1ccc(-c2ccc3c(c2)c2ccccc2n3-c2nc(-c3ccccc3)cc(-c3ccc4c(c3)sc3ccccc34)n2)cc1. The highest BCUT2D eigenvalue weighted by molar-refractivity contribution is 7.25. The molecular formula is C40H25N3S. The third kappa shape index (κ3) is 4.03. The van der Waals surface area contributed by atoms with Gasteiger partial charge >= 0.3 is 0 Å². The number of benzene rings is 6. The molecule has 0 aliphatic rings. The molecule has 9 aromatic rings. The van der Waals surface area contributed by atoms with Crippen LogP contribution in [0.4, 0.5) is 0 Å². The highest BCUT2D eigenvalue weighted by Crippen LogP contribution is 2.38. The van der Waals surface area contributed by atoms with Crippen LogP contribution in [0.15, 0.2) is 152 Å². The van der Waals surface area contributed by atoms with E-state index in [1.165, 1.54) is 42.1 Å². The lowest BCUT2D eigenvalue weighted by molar-refractivity contribution is 0.996. The summed E-state index contributed by atoms with van der Waals surface area (Å²) in [7, 11) is 0. The van der Waals surface area contributed by atoms with E-state index in [1.54, 1.807) is 0 Å². The van der Waals surface area contributed by atoms with Gasteiger partial charge in [-0.15, -0.1) is 11.3 Å². The fourth-order valence-electron chi connectivity index (χ4n) is 6.32. The molecule has 0 saturated heterocycles. The zero-order valence-electron chi connectivity index (χ0n) is 23.7. The monoisotopic (exact) mass is 579 g/mol. The van der Waals surface area contributed by atoms with Crippen LogP contribution in [0.1, 0.15) is 0 Å². The van der Waals surface area contributed by atoms with Crippen molar-refractivity contribution in [3.63, 3.8) is 0 Å². The maximum Gasteiger partial charge on any atom is 0.235 e. The maximum atomic E-state index is 5.27. The minimum atomic E-state index is 0.663. The summed E-state index contributed by atoms with van der Waals surface area (Å²) in [6.45, 7) is 0. The second-order valence-corrected chi connectivity index (χ2v) is 12.1. The molecule has 44 heavy (non-hydrogen) atoms. The molecule has 0 bridgehead atoms. The molecule has 0 radical (unpaired) electrons. The third-order valence-electron chi connectivity index (χ3n) is 8.44. The molecule has 0 saturated carbocycles. The van der Waals surface area contributed by atoms with Gasteiger partial charge in [-0.1, -0.05) is 115 Å². The summed E-state index contributed by atoms with van der Waals surface area (Å²) in [5.41, 5.74) is 8.51. The summed E-state index contributed by atoms with van der Waals surface area (Å²) in [6, 6.07) is 53.6. The Hall–Kier alpha value is -5.58. The van der Waals surface area contributed by atoms with Crippen molar-refractivity contribution in [3.05, 3.63) is 152 Å². The normalized spacial score (nSPS) is 11.6. The maximum absolute atomic E-state index is 5.27. The Bertz CT molecular complexity index is 2490. The van der Waals surface area contributed by atoms with E-state index in [0.717, 1.165) is 33.5 Å². The molecule has 3 nitrogen and oxygen atoms in total. The molecule has 3 aromatic heterocycles. The quantitative estimate of drug-likeness (QED) is 0.208. The topological polar surface area (TPSA) is 30.7 Å². The Balaban J connectivity index is 1.29. The summed E-state index contributed by atoms with van der Waals surface area (Å²) >= 11 is 1.83. The predicted octanol–water partition coefficient (Wildman–Crippen LogP) is 10.9. The van der Waals surface area contributed by atoms with Crippen LogP contribution in [-0.2, 0) is 0 Å². The van der Waals surface area contributed by atoms with Crippen molar-refractivity contribution >= 4 is 53.3 Å². The summed E-state index contributed by atoms with van der Waals surface area (Å²) in [5, 5.41) is 4.95. The van der Waals surface area contributed by atoms with E-state index < -0.39 is 0 Å². The van der Waals surface area contributed by atoms with Crippen molar-refractivity contribution < 1.29 is 0 Å². The minimum absolute atomic E-state index is 0.663. The van der Waals surface area contributed by atoms with Crippen LogP contribution in [0.2, 0.25) is 0 Å². The lowest BCUT2D eigenvalue weighted by Crippen LogP contribution is -2.04. The average molecular weight is 580 g/mol. The van der Waals surface area contributed by atoms with Gasteiger partial charge in [-0.3, -0.25) is 4.57 Å². The van der Waals surface area contributed by atoms with Gasteiger partial charge in [0.1, 0.15) is 0 Å². The fourth-order valence-corrected chi connectivity index (χ4v) is 7.47. The summed E-state index contributed by atoms with van der Waals surface area (Å²) < 4.78 is 4.77. The highest BCUT2D eigenvalue weighted by atomic mass is 32.1. The molecule has 4 heteroatoms. The smallest absolute Gasteiger partial charge is 0.235 e. The molecule has 0 spiro atoms. The van der Waals surface area contributed by atoms with Gasteiger partial charge in [0.2, 0.25) is 5.95 Å². The number of nitrogens with zero attached hydrogens (tertiary/aromatic N) is 3. The molecule has 0 amide bonds. The minimum Gasteiger partial charge on any atom is -0.278 e. The standard InChI is InChI=1S/C40H25N3S/c1-3-11-26(12-4-1)28-20-22-37-33(23-28)30-15-7-9-17-36(30)43(37)40-41-34(27-13-5-2-6-14-27)25-35(42-40)29-19-21-32-31-16-8-10-18-38(31)44-39(32)24-29/h1-25H. The average Bonchev–Trinajstić information content (AvgIpc) is 3.64. The van der Waals surface area contributed by atoms with Crippen molar-refractivity contribution in [2.24, 2.45) is 0 Å². The molecule has 0 aliphatic heterocycles. The van der Waals surface area contributed by atoms with E-state index in [2.05, 4.69) is 150 Å². The van der Waals surface area contributed by atoms with Crippen LogP contribution in [0.5, 0.6) is 0 Å². The zero-order valence-corrected chi connectivity index (χ0v) is 24.5. The van der Waals surface area contributed by atoms with Gasteiger partial charge in [-0.2, -0.15) is 0 Å². The first-order chi connectivity index (χ1) is 21.8. The number of para-hydroxylation sites is 1. The number of aromatic nitrogens is 3. The van der Waals surface area contributed by atoms with Crippen LogP contribution in [0, 0.1) is 0 Å². The van der Waals surface area contributed by atoms with Gasteiger partial charge in [0.05, 0.1) is 22.4 Å². The van der Waals surface area contributed by atoms with Crippen molar-refractivity contribution in [1.29, 1.82) is 0 Å². The first kappa shape index (κ1) is 25.0. The molecule has 0 atom stereocenters. The molecule has 0 N–H and O–H groups in total. The fraction of sp³-hybridized carbons (Fsp3) is 0. The molecular weight excluding hydrogens is 555 g/mol. The molecule has 0 aliphatic carbocycles. The van der Waals surface area contributed by atoms with E-state index in [9.17, 15) is 0 Å². The van der Waals surface area contributed by atoms with Gasteiger partial charge < -0.3 is 0 Å². The Morgan fingerprint density at radius 2 is 1.00 bits per heavy atom. The van der Waals surface area contributed by atoms with Crippen molar-refractivity contribution in [2.75, 3.05) is 0 Å². The largest absolute Gasteiger partial charge is 0.278 e. The van der Waals surface area contributed by atoms with E-state index >= 15 is 0 Å². The lowest BCUT2D eigenvalue weighted by atomic mass is 10.0. The Kier molecular flexibility index (Phi) is 5.68. The van der Waals surface area contributed by atoms with E-state index in [0.29, 0.717) is 5.95 Å². The Morgan fingerprint density at radius 1 is 0.386 bits per heavy atom. The Labute approximate surface area is 258 Å². The molecule has 0 fully saturated rings. The van der Waals surface area contributed by atoms with Crippen molar-refractivity contribution in [3.8, 4) is 39.6 Å². The van der Waals surface area contributed by atoms with Crippen molar-refractivity contribution in [2.45, 2.75) is 0 Å². The van der Waals surface area contributed by atoms with Gasteiger partial charge in [-0.25, -0.2) is 9.97 Å². The molecule has 3 heterocycles. The van der Waals surface area contributed by atoms with Crippen LogP contribution in [0.3, 0.4) is 0 Å². The first-order valence-electron chi connectivity index (χ1n) is 14.8. The van der Waals surface area contributed by atoms with Crippen LogP contribution < -0.4 is 0 Å². The second-order valence-electron chi connectivity index (χ2n) is 11.1. The van der Waals surface area contributed by atoms with Crippen LogP contribution >= 0.6 is 11.3 Å². The van der Waals surface area contributed by atoms with Gasteiger partial charge in [0.15, 0.2) is 0 Å². The summed E-state index contributed by atoms with van der Waals surface area (Å²) in [6.07, 6.45) is 0. The second kappa shape index (κ2) is 10.0. The molecule has 0 unspecified atom stereocenters. The van der Waals surface area contributed by atoms with Crippen LogP contribution in [-0.4, -0.2) is 14.5 Å². The Morgan fingerprint density at radius 3 is 1.82 bits per heavy atom. The number of fused-ring (bicyclic) bond motifs is 6. The summed E-state index contributed by atoms with van der Waals surface area (Å²) in [5.74, 6) is 0.663. The van der Waals surface area contributed by atoms with Crippen molar-refractivity contribution in [1.82, 2.24) is 14.5 Å². The van der Waals surface area contributed by atoms with Gasteiger partial charge in [0.25, 0.3) is 0 Å². The molecule has 6 aromatic carbocycles. The lowest BCUT2D eigenvalue weighted by Gasteiger charge is -2.12. The number of hydrogen-bond donors (Lipinski definition) is 0. The first-order valence-corrected chi connectivity index (χ1v) is 15.6. The van der Waals surface area contributed by atoms with Gasteiger partial charge in [-0.05, 0) is 47.5 Å². The summed E-state index contributed by atoms with van der Waals surface area (Å²) in [4.78, 5) is 10.5. The number of thiophene rings is 1. The number of hydrogen-bond acceptors (Lipinski definition) is 3. The van der Waals surface area contributed by atoms with E-state index in [-0.39, 0.29) is 0 Å². The molecule has 9 rings (SSSR count). The number of rotatable bonds is 4. The zero-order chi connectivity index (χ0) is 29.0.